The maximum absolute atomic E-state index is 11.8. The average molecular weight is 263 g/mol. The van der Waals surface area contributed by atoms with Crippen molar-refractivity contribution in [3.05, 3.63) is 34.2 Å². The van der Waals surface area contributed by atoms with E-state index in [2.05, 4.69) is 10.2 Å². The fraction of sp³-hybridized carbons (Fsp3) is 0.571. The number of hydrogen-bond donors (Lipinski definition) is 1. The van der Waals surface area contributed by atoms with Crippen LogP contribution in [0.3, 0.4) is 0 Å². The molecule has 0 bridgehead atoms. The molecule has 1 aromatic rings. The second-order valence-corrected chi connectivity index (χ2v) is 4.86. The van der Waals surface area contributed by atoms with Crippen LogP contribution in [0.4, 0.5) is 0 Å². The van der Waals surface area contributed by atoms with E-state index in [1.54, 1.807) is 16.8 Å². The molecular weight excluding hydrogens is 242 g/mol. The summed E-state index contributed by atoms with van der Waals surface area (Å²) < 4.78 is 1.63. The molecule has 5 nitrogen and oxygen atoms in total. The van der Waals surface area contributed by atoms with E-state index in [1.807, 2.05) is 6.92 Å². The van der Waals surface area contributed by atoms with E-state index in [1.165, 1.54) is 18.9 Å². The van der Waals surface area contributed by atoms with E-state index in [0.717, 1.165) is 19.6 Å². The van der Waals surface area contributed by atoms with Crippen molar-refractivity contribution in [2.75, 3.05) is 26.2 Å². The van der Waals surface area contributed by atoms with Crippen molar-refractivity contribution in [3.63, 3.8) is 0 Å². The molecule has 5 heteroatoms. The van der Waals surface area contributed by atoms with Gasteiger partial charge in [-0.15, -0.1) is 0 Å². The molecule has 0 unspecified atom stereocenters. The first-order valence-electron chi connectivity index (χ1n) is 6.91. The first-order valence-corrected chi connectivity index (χ1v) is 6.91. The Morgan fingerprint density at radius 2 is 2.00 bits per heavy atom. The normalized spacial score (nSPS) is 15.6. The highest BCUT2D eigenvalue weighted by molar-refractivity contribution is 5.93. The van der Waals surface area contributed by atoms with Gasteiger partial charge in [-0.25, -0.2) is 0 Å². The molecule has 104 valence electrons. The number of rotatable bonds is 5. The molecule has 0 aliphatic carbocycles. The topological polar surface area (TPSA) is 54.3 Å². The number of hydrogen-bond acceptors (Lipinski definition) is 3. The van der Waals surface area contributed by atoms with Crippen LogP contribution < -0.4 is 10.9 Å². The summed E-state index contributed by atoms with van der Waals surface area (Å²) >= 11 is 0. The Morgan fingerprint density at radius 1 is 1.26 bits per heavy atom. The van der Waals surface area contributed by atoms with E-state index in [-0.39, 0.29) is 11.5 Å². The van der Waals surface area contributed by atoms with Gasteiger partial charge in [-0.2, -0.15) is 0 Å². The summed E-state index contributed by atoms with van der Waals surface area (Å²) in [6, 6.07) is 3.05. The molecule has 0 aromatic carbocycles. The number of nitrogens with one attached hydrogen (secondary N) is 1. The summed E-state index contributed by atoms with van der Waals surface area (Å²) in [6.45, 7) is 6.22. The number of amides is 1. The number of likely N-dealkylation sites (tertiary alicyclic amines) is 1. The van der Waals surface area contributed by atoms with Crippen molar-refractivity contribution in [2.24, 2.45) is 0 Å². The Morgan fingerprint density at radius 3 is 2.68 bits per heavy atom. The second-order valence-electron chi connectivity index (χ2n) is 4.86. The van der Waals surface area contributed by atoms with Crippen molar-refractivity contribution < 1.29 is 4.79 Å². The summed E-state index contributed by atoms with van der Waals surface area (Å²) in [5.74, 6) is -0.127. The molecule has 19 heavy (non-hydrogen) atoms. The molecule has 1 aromatic heterocycles. The average Bonchev–Trinajstić information content (AvgIpc) is 2.91. The predicted octanol–water partition coefficient (Wildman–Crippen LogP) is 0.694. The van der Waals surface area contributed by atoms with Crippen LogP contribution in [-0.2, 0) is 6.54 Å². The minimum atomic E-state index is -0.127. The van der Waals surface area contributed by atoms with Gasteiger partial charge >= 0.3 is 0 Å². The smallest absolute Gasteiger partial charge is 0.252 e. The van der Waals surface area contributed by atoms with E-state index in [9.17, 15) is 9.59 Å². The van der Waals surface area contributed by atoms with Crippen molar-refractivity contribution >= 4 is 5.91 Å². The Bertz CT molecular complexity index is 490. The van der Waals surface area contributed by atoms with Crippen molar-refractivity contribution in [1.29, 1.82) is 0 Å². The zero-order valence-corrected chi connectivity index (χ0v) is 11.4. The summed E-state index contributed by atoms with van der Waals surface area (Å²) in [5.41, 5.74) is 0.495. The van der Waals surface area contributed by atoms with Gasteiger partial charge in [-0.1, -0.05) is 0 Å². The third-order valence-electron chi connectivity index (χ3n) is 3.44. The minimum absolute atomic E-state index is 0.0488. The van der Waals surface area contributed by atoms with Gasteiger partial charge in [-0.05, 0) is 38.9 Å². The second kappa shape index (κ2) is 6.52. The third kappa shape index (κ3) is 3.67. The number of carbonyl (C=O) groups is 1. The van der Waals surface area contributed by atoms with Gasteiger partial charge in [0.15, 0.2) is 0 Å². The van der Waals surface area contributed by atoms with Crippen LogP contribution in [0.1, 0.15) is 30.1 Å². The molecular formula is C14H21N3O2. The number of pyridine rings is 1. The first kappa shape index (κ1) is 13.8. The molecule has 1 saturated heterocycles. The highest BCUT2D eigenvalue weighted by Crippen LogP contribution is 2.06. The summed E-state index contributed by atoms with van der Waals surface area (Å²) in [7, 11) is 0. The van der Waals surface area contributed by atoms with Gasteiger partial charge in [-0.3, -0.25) is 9.59 Å². The summed E-state index contributed by atoms with van der Waals surface area (Å²) in [4.78, 5) is 25.9. The Balaban J connectivity index is 2.04. The molecule has 0 radical (unpaired) electrons. The molecule has 0 spiro atoms. The van der Waals surface area contributed by atoms with Gasteiger partial charge in [0.2, 0.25) is 0 Å². The molecule has 2 heterocycles. The van der Waals surface area contributed by atoms with Crippen LogP contribution >= 0.6 is 0 Å². The highest BCUT2D eigenvalue weighted by Gasteiger charge is 2.12. The molecule has 1 aliphatic rings. The lowest BCUT2D eigenvalue weighted by atomic mass is 10.2. The lowest BCUT2D eigenvalue weighted by Gasteiger charge is -2.15. The molecule has 1 aliphatic heterocycles. The van der Waals surface area contributed by atoms with Gasteiger partial charge in [0, 0.05) is 31.9 Å². The fourth-order valence-corrected chi connectivity index (χ4v) is 2.36. The van der Waals surface area contributed by atoms with Crippen LogP contribution in [-0.4, -0.2) is 41.6 Å². The number of carbonyl (C=O) groups excluding carboxylic acids is 1. The SMILES string of the molecule is CCNC(=O)c1ccc(=O)n(CCN2CCCC2)c1. The van der Waals surface area contributed by atoms with E-state index in [4.69, 9.17) is 0 Å². The summed E-state index contributed by atoms with van der Waals surface area (Å²) in [6.07, 6.45) is 4.14. The maximum Gasteiger partial charge on any atom is 0.252 e. The quantitative estimate of drug-likeness (QED) is 0.850. The van der Waals surface area contributed by atoms with Gasteiger partial charge in [0.1, 0.15) is 0 Å². The van der Waals surface area contributed by atoms with Crippen LogP contribution in [0.25, 0.3) is 0 Å². The van der Waals surface area contributed by atoms with Crippen LogP contribution in [0.5, 0.6) is 0 Å². The zero-order valence-electron chi connectivity index (χ0n) is 11.4. The van der Waals surface area contributed by atoms with Crippen LogP contribution in [0, 0.1) is 0 Å². The van der Waals surface area contributed by atoms with Crippen LogP contribution in [0.2, 0.25) is 0 Å². The molecule has 0 saturated carbocycles. The van der Waals surface area contributed by atoms with Crippen molar-refractivity contribution in [2.45, 2.75) is 26.3 Å². The highest BCUT2D eigenvalue weighted by atomic mass is 16.2. The van der Waals surface area contributed by atoms with Gasteiger partial charge in [0.05, 0.1) is 5.56 Å². The predicted molar refractivity (Wildman–Crippen MR) is 74.4 cm³/mol. The Labute approximate surface area is 113 Å². The maximum atomic E-state index is 11.8. The lowest BCUT2D eigenvalue weighted by molar-refractivity contribution is 0.0955. The number of nitrogens with zero attached hydrogens (tertiary/aromatic N) is 2. The van der Waals surface area contributed by atoms with Gasteiger partial charge in [0.25, 0.3) is 11.5 Å². The molecule has 1 fully saturated rings. The zero-order chi connectivity index (χ0) is 13.7. The van der Waals surface area contributed by atoms with Gasteiger partial charge < -0.3 is 14.8 Å². The Hall–Kier alpha value is -1.62. The molecule has 0 atom stereocenters. The summed E-state index contributed by atoms with van der Waals surface area (Å²) in [5, 5.41) is 2.74. The monoisotopic (exact) mass is 263 g/mol. The fourth-order valence-electron chi connectivity index (χ4n) is 2.36. The van der Waals surface area contributed by atoms with Crippen molar-refractivity contribution in [3.8, 4) is 0 Å². The first-order chi connectivity index (χ1) is 9.20. The lowest BCUT2D eigenvalue weighted by Crippen LogP contribution is -2.30. The van der Waals surface area contributed by atoms with E-state index < -0.39 is 0 Å². The van der Waals surface area contributed by atoms with Crippen molar-refractivity contribution in [1.82, 2.24) is 14.8 Å². The standard InChI is InChI=1S/C14H21N3O2/c1-2-15-14(19)12-5-6-13(18)17(11-12)10-9-16-7-3-4-8-16/h5-6,11H,2-4,7-10H2,1H3,(H,15,19). The molecule has 2 rings (SSSR count). The minimum Gasteiger partial charge on any atom is -0.352 e. The third-order valence-corrected chi connectivity index (χ3v) is 3.44. The molecule has 1 amide bonds. The van der Waals surface area contributed by atoms with E-state index >= 15 is 0 Å². The largest absolute Gasteiger partial charge is 0.352 e. The Kier molecular flexibility index (Phi) is 4.74. The van der Waals surface area contributed by atoms with E-state index in [0.29, 0.717) is 18.7 Å². The number of aromatic nitrogens is 1. The molecule has 1 N–H and O–H groups in total. The van der Waals surface area contributed by atoms with Crippen LogP contribution in [0.15, 0.2) is 23.1 Å².